The molecular formula is C12H17ClN2O2. The Kier molecular flexibility index (Phi) is 4.48. The van der Waals surface area contributed by atoms with Crippen molar-refractivity contribution in [1.29, 1.82) is 0 Å². The van der Waals surface area contributed by atoms with Gasteiger partial charge in [-0.15, -0.1) is 0 Å². The molecule has 0 unspecified atom stereocenters. The lowest BCUT2D eigenvalue weighted by Gasteiger charge is -2.26. The van der Waals surface area contributed by atoms with E-state index < -0.39 is 0 Å². The smallest absolute Gasteiger partial charge is 0.121 e. The molecule has 1 fully saturated rings. The highest BCUT2D eigenvalue weighted by molar-refractivity contribution is 6.33. The summed E-state index contributed by atoms with van der Waals surface area (Å²) in [5.74, 6) is 0.764. The quantitative estimate of drug-likeness (QED) is 0.832. The lowest BCUT2D eigenvalue weighted by molar-refractivity contribution is 0.0322. The van der Waals surface area contributed by atoms with E-state index in [9.17, 15) is 0 Å². The van der Waals surface area contributed by atoms with Gasteiger partial charge in [-0.2, -0.15) is 0 Å². The van der Waals surface area contributed by atoms with Crippen molar-refractivity contribution in [2.45, 2.75) is 0 Å². The van der Waals surface area contributed by atoms with Gasteiger partial charge in [-0.25, -0.2) is 0 Å². The van der Waals surface area contributed by atoms with Crippen LogP contribution in [0.3, 0.4) is 0 Å². The maximum atomic E-state index is 5.83. The molecule has 1 heterocycles. The molecule has 0 spiro atoms. The molecule has 0 atom stereocenters. The Morgan fingerprint density at radius 2 is 2.12 bits per heavy atom. The summed E-state index contributed by atoms with van der Waals surface area (Å²) in [6, 6.07) is 5.33. The highest BCUT2D eigenvalue weighted by Crippen LogP contribution is 2.23. The van der Waals surface area contributed by atoms with Gasteiger partial charge in [0.25, 0.3) is 0 Å². The molecule has 2 rings (SSSR count). The molecule has 1 aromatic carbocycles. The van der Waals surface area contributed by atoms with Gasteiger partial charge < -0.3 is 15.2 Å². The summed E-state index contributed by atoms with van der Waals surface area (Å²) in [6.45, 7) is 5.15. The highest BCUT2D eigenvalue weighted by atomic mass is 35.5. The Morgan fingerprint density at radius 3 is 2.82 bits per heavy atom. The molecule has 1 aromatic rings. The molecule has 0 radical (unpaired) electrons. The Labute approximate surface area is 106 Å². The number of nitrogens with zero attached hydrogens (tertiary/aromatic N) is 1. The average molecular weight is 257 g/mol. The summed E-state index contributed by atoms with van der Waals surface area (Å²) in [6.07, 6.45) is 0. The Bertz CT molecular complexity index is 368. The monoisotopic (exact) mass is 256 g/mol. The molecule has 2 N–H and O–H groups in total. The second kappa shape index (κ2) is 6.10. The van der Waals surface area contributed by atoms with Crippen LogP contribution < -0.4 is 10.5 Å². The number of benzene rings is 1. The summed E-state index contributed by atoms with van der Waals surface area (Å²) < 4.78 is 10.9. The third-order valence-electron chi connectivity index (χ3n) is 2.75. The summed E-state index contributed by atoms with van der Waals surface area (Å²) in [7, 11) is 0. The summed E-state index contributed by atoms with van der Waals surface area (Å²) >= 11 is 5.83. The number of nitrogen functional groups attached to an aromatic ring is 1. The van der Waals surface area contributed by atoms with E-state index in [0.717, 1.165) is 38.6 Å². The Hall–Kier alpha value is -0.970. The second-order valence-corrected chi connectivity index (χ2v) is 4.39. The van der Waals surface area contributed by atoms with E-state index in [1.165, 1.54) is 0 Å². The molecule has 0 aliphatic carbocycles. The van der Waals surface area contributed by atoms with Crippen molar-refractivity contribution >= 4 is 17.3 Å². The van der Waals surface area contributed by atoms with Crippen LogP contribution in [0.1, 0.15) is 0 Å². The lowest BCUT2D eigenvalue weighted by Crippen LogP contribution is -2.38. The first-order valence-corrected chi connectivity index (χ1v) is 6.11. The van der Waals surface area contributed by atoms with Gasteiger partial charge in [0.1, 0.15) is 12.4 Å². The molecule has 1 saturated heterocycles. The van der Waals surface area contributed by atoms with Gasteiger partial charge in [0.05, 0.1) is 23.9 Å². The maximum Gasteiger partial charge on any atom is 0.121 e. The first-order valence-electron chi connectivity index (χ1n) is 5.73. The minimum atomic E-state index is 0.551. The molecule has 0 bridgehead atoms. The topological polar surface area (TPSA) is 47.7 Å². The van der Waals surface area contributed by atoms with E-state index in [1.54, 1.807) is 12.1 Å². The standard InChI is InChI=1S/C12H17ClN2O2/c13-11-2-1-10(9-12(11)14)17-8-5-15-3-6-16-7-4-15/h1-2,9H,3-8,14H2. The summed E-state index contributed by atoms with van der Waals surface area (Å²) in [4.78, 5) is 2.32. The minimum absolute atomic E-state index is 0.551. The number of hydrogen-bond donors (Lipinski definition) is 1. The maximum absolute atomic E-state index is 5.83. The molecule has 4 nitrogen and oxygen atoms in total. The lowest BCUT2D eigenvalue weighted by atomic mass is 10.3. The van der Waals surface area contributed by atoms with Crippen LogP contribution >= 0.6 is 11.6 Å². The number of rotatable bonds is 4. The van der Waals surface area contributed by atoms with Crippen LogP contribution in [0.25, 0.3) is 0 Å². The molecule has 5 heteroatoms. The number of morpholine rings is 1. The predicted molar refractivity (Wildman–Crippen MR) is 68.6 cm³/mol. The van der Waals surface area contributed by atoms with Crippen molar-refractivity contribution in [2.24, 2.45) is 0 Å². The zero-order valence-electron chi connectivity index (χ0n) is 9.69. The van der Waals surface area contributed by atoms with E-state index in [4.69, 9.17) is 26.8 Å². The van der Waals surface area contributed by atoms with E-state index in [2.05, 4.69) is 4.90 Å². The van der Waals surface area contributed by atoms with E-state index in [1.807, 2.05) is 6.07 Å². The van der Waals surface area contributed by atoms with Gasteiger partial charge in [0.2, 0.25) is 0 Å². The number of hydrogen-bond acceptors (Lipinski definition) is 4. The molecule has 0 aromatic heterocycles. The van der Waals surface area contributed by atoms with Gasteiger partial charge >= 0.3 is 0 Å². The molecule has 1 aliphatic rings. The normalized spacial score (nSPS) is 17.0. The van der Waals surface area contributed by atoms with Crippen molar-refractivity contribution in [2.75, 3.05) is 45.2 Å². The first kappa shape index (κ1) is 12.5. The molecule has 0 saturated carbocycles. The second-order valence-electron chi connectivity index (χ2n) is 3.99. The molecule has 17 heavy (non-hydrogen) atoms. The Balaban J connectivity index is 1.75. The number of ether oxygens (including phenoxy) is 2. The van der Waals surface area contributed by atoms with Crippen molar-refractivity contribution in [3.63, 3.8) is 0 Å². The zero-order valence-corrected chi connectivity index (χ0v) is 10.4. The van der Waals surface area contributed by atoms with E-state index >= 15 is 0 Å². The van der Waals surface area contributed by atoms with Crippen molar-refractivity contribution in [3.8, 4) is 5.75 Å². The van der Waals surface area contributed by atoms with Crippen LogP contribution in [-0.4, -0.2) is 44.4 Å². The fourth-order valence-electron chi connectivity index (χ4n) is 1.73. The minimum Gasteiger partial charge on any atom is -0.492 e. The molecule has 0 amide bonds. The van der Waals surface area contributed by atoms with Gasteiger partial charge in [-0.1, -0.05) is 11.6 Å². The largest absolute Gasteiger partial charge is 0.492 e. The predicted octanol–water partition coefficient (Wildman–Crippen LogP) is 1.63. The fraction of sp³-hybridized carbons (Fsp3) is 0.500. The third-order valence-corrected chi connectivity index (χ3v) is 3.09. The Morgan fingerprint density at radius 1 is 1.35 bits per heavy atom. The van der Waals surface area contributed by atoms with Crippen molar-refractivity contribution in [3.05, 3.63) is 23.2 Å². The van der Waals surface area contributed by atoms with Gasteiger partial charge in [0, 0.05) is 25.7 Å². The van der Waals surface area contributed by atoms with Crippen LogP contribution in [0, 0.1) is 0 Å². The number of anilines is 1. The summed E-state index contributed by atoms with van der Waals surface area (Å²) in [5, 5.41) is 0.561. The molecular weight excluding hydrogens is 240 g/mol. The first-order chi connectivity index (χ1) is 8.25. The van der Waals surface area contributed by atoms with Crippen LogP contribution in [0.2, 0.25) is 5.02 Å². The number of nitrogens with two attached hydrogens (primary N) is 1. The van der Waals surface area contributed by atoms with Crippen LogP contribution in [0.5, 0.6) is 5.75 Å². The van der Waals surface area contributed by atoms with Crippen LogP contribution in [-0.2, 0) is 4.74 Å². The SMILES string of the molecule is Nc1cc(OCCN2CCOCC2)ccc1Cl. The average Bonchev–Trinajstić information content (AvgIpc) is 2.35. The van der Waals surface area contributed by atoms with Gasteiger partial charge in [-0.05, 0) is 12.1 Å². The highest BCUT2D eigenvalue weighted by Gasteiger charge is 2.09. The van der Waals surface area contributed by atoms with E-state index in [0.29, 0.717) is 17.3 Å². The van der Waals surface area contributed by atoms with Crippen LogP contribution in [0.15, 0.2) is 18.2 Å². The number of halogens is 1. The third kappa shape index (κ3) is 3.77. The van der Waals surface area contributed by atoms with Crippen molar-refractivity contribution in [1.82, 2.24) is 4.90 Å². The van der Waals surface area contributed by atoms with E-state index in [-0.39, 0.29) is 0 Å². The molecule has 1 aliphatic heterocycles. The van der Waals surface area contributed by atoms with Crippen LogP contribution in [0.4, 0.5) is 5.69 Å². The molecule has 94 valence electrons. The fourth-order valence-corrected chi connectivity index (χ4v) is 1.85. The van der Waals surface area contributed by atoms with Gasteiger partial charge in [0.15, 0.2) is 0 Å². The van der Waals surface area contributed by atoms with Gasteiger partial charge in [-0.3, -0.25) is 4.90 Å². The van der Waals surface area contributed by atoms with Crippen molar-refractivity contribution < 1.29 is 9.47 Å². The zero-order chi connectivity index (χ0) is 12.1. The summed E-state index contributed by atoms with van der Waals surface area (Å²) in [5.41, 5.74) is 6.25.